The molecule has 0 aliphatic rings. The van der Waals surface area contributed by atoms with Gasteiger partial charge in [0.25, 0.3) is 5.91 Å². The van der Waals surface area contributed by atoms with Gasteiger partial charge in [0.15, 0.2) is 17.6 Å². The second-order valence-electron chi connectivity index (χ2n) is 5.10. The number of para-hydroxylation sites is 2. The lowest BCUT2D eigenvalue weighted by atomic mass is 10.2. The molecule has 0 unspecified atom stereocenters. The highest BCUT2D eigenvalue weighted by Crippen LogP contribution is 2.27. The molecule has 126 valence electrons. The van der Waals surface area contributed by atoms with Crippen LogP contribution in [0.1, 0.15) is 23.7 Å². The van der Waals surface area contributed by atoms with Gasteiger partial charge in [-0.05, 0) is 42.8 Å². The van der Waals surface area contributed by atoms with E-state index < -0.39 is 12.0 Å². The lowest BCUT2D eigenvalue weighted by molar-refractivity contribution is -0.122. The number of rotatable bonds is 7. The average molecular weight is 328 g/mol. The Labute approximate surface area is 140 Å². The molecule has 2 amide bonds. The maximum atomic E-state index is 12.4. The first kappa shape index (κ1) is 17.3. The summed E-state index contributed by atoms with van der Waals surface area (Å²) in [7, 11) is 1.55. The molecule has 2 aromatic carbocycles. The number of carbonyl (C=O) groups excluding carboxylic acids is 2. The zero-order valence-corrected chi connectivity index (χ0v) is 13.6. The van der Waals surface area contributed by atoms with Crippen molar-refractivity contribution in [3.05, 3.63) is 54.1 Å². The first-order valence-corrected chi connectivity index (χ1v) is 7.55. The number of primary amides is 1. The van der Waals surface area contributed by atoms with Crippen LogP contribution in [-0.2, 0) is 4.79 Å². The first-order chi connectivity index (χ1) is 11.5. The Morgan fingerprint density at radius 3 is 2.25 bits per heavy atom. The molecular formula is C18H20N2O4. The van der Waals surface area contributed by atoms with Crippen molar-refractivity contribution in [1.29, 1.82) is 0 Å². The number of carbonyl (C=O) groups is 2. The summed E-state index contributed by atoms with van der Waals surface area (Å²) >= 11 is 0. The highest BCUT2D eigenvalue weighted by molar-refractivity contribution is 5.96. The summed E-state index contributed by atoms with van der Waals surface area (Å²) in [5.41, 5.74) is 6.13. The number of methoxy groups -OCH3 is 1. The van der Waals surface area contributed by atoms with Gasteiger partial charge >= 0.3 is 0 Å². The maximum Gasteiger partial charge on any atom is 0.265 e. The van der Waals surface area contributed by atoms with Crippen molar-refractivity contribution in [1.82, 2.24) is 0 Å². The van der Waals surface area contributed by atoms with E-state index in [0.29, 0.717) is 29.2 Å². The molecule has 6 nitrogen and oxygen atoms in total. The molecule has 3 N–H and O–H groups in total. The Hall–Kier alpha value is -3.02. The minimum Gasteiger partial charge on any atom is -0.493 e. The molecule has 0 aliphatic heterocycles. The molecule has 2 aromatic rings. The predicted octanol–water partition coefficient (Wildman–Crippen LogP) is 2.59. The van der Waals surface area contributed by atoms with Crippen molar-refractivity contribution in [3.63, 3.8) is 0 Å². The number of amides is 2. The normalized spacial score (nSPS) is 11.4. The standard InChI is InChI=1S/C18H20N2O4/c1-3-14(24-16-7-5-4-6-15(16)23-2)18(22)20-13-10-8-12(9-11-13)17(19)21/h4-11,14H,3H2,1-2H3,(H2,19,21)(H,20,22)/t14-/m0/s1. The summed E-state index contributed by atoms with van der Waals surface area (Å²) in [6, 6.07) is 13.5. The third kappa shape index (κ3) is 4.25. The van der Waals surface area contributed by atoms with Gasteiger partial charge < -0.3 is 20.5 Å². The molecule has 0 radical (unpaired) electrons. The van der Waals surface area contributed by atoms with Gasteiger partial charge in [-0.25, -0.2) is 0 Å². The molecule has 6 heteroatoms. The Morgan fingerprint density at radius 1 is 1.08 bits per heavy atom. The lowest BCUT2D eigenvalue weighted by Gasteiger charge is -2.18. The van der Waals surface area contributed by atoms with E-state index in [1.807, 2.05) is 19.1 Å². The highest BCUT2D eigenvalue weighted by Gasteiger charge is 2.20. The van der Waals surface area contributed by atoms with Crippen molar-refractivity contribution < 1.29 is 19.1 Å². The van der Waals surface area contributed by atoms with E-state index in [0.717, 1.165) is 0 Å². The molecule has 1 atom stereocenters. The molecule has 0 saturated carbocycles. The van der Waals surface area contributed by atoms with Gasteiger partial charge in [0.1, 0.15) is 0 Å². The second kappa shape index (κ2) is 8.01. The quantitative estimate of drug-likeness (QED) is 0.817. The van der Waals surface area contributed by atoms with E-state index in [1.54, 1.807) is 43.5 Å². The summed E-state index contributed by atoms with van der Waals surface area (Å²) in [6.07, 6.45) is -0.180. The highest BCUT2D eigenvalue weighted by atomic mass is 16.5. The molecule has 0 bridgehead atoms. The number of benzene rings is 2. The second-order valence-corrected chi connectivity index (χ2v) is 5.10. The van der Waals surface area contributed by atoms with Crippen LogP contribution in [0.5, 0.6) is 11.5 Å². The zero-order chi connectivity index (χ0) is 17.5. The number of nitrogens with one attached hydrogen (secondary N) is 1. The van der Waals surface area contributed by atoms with Crippen LogP contribution in [-0.4, -0.2) is 25.0 Å². The number of nitrogens with two attached hydrogens (primary N) is 1. The van der Waals surface area contributed by atoms with Gasteiger partial charge in [0.05, 0.1) is 7.11 Å². The number of ether oxygens (including phenoxy) is 2. The van der Waals surface area contributed by atoms with Crippen molar-refractivity contribution in [3.8, 4) is 11.5 Å². The van der Waals surface area contributed by atoms with Crippen LogP contribution in [0.4, 0.5) is 5.69 Å². The van der Waals surface area contributed by atoms with Crippen molar-refractivity contribution >= 4 is 17.5 Å². The fourth-order valence-electron chi connectivity index (χ4n) is 2.13. The minimum atomic E-state index is -0.669. The van der Waals surface area contributed by atoms with Gasteiger partial charge in [-0.15, -0.1) is 0 Å². The molecule has 24 heavy (non-hydrogen) atoms. The average Bonchev–Trinajstić information content (AvgIpc) is 2.60. The van der Waals surface area contributed by atoms with Crippen LogP contribution in [0.2, 0.25) is 0 Å². The van der Waals surface area contributed by atoms with E-state index in [2.05, 4.69) is 5.32 Å². The van der Waals surface area contributed by atoms with Crippen LogP contribution in [0, 0.1) is 0 Å². The third-order valence-corrected chi connectivity index (χ3v) is 3.44. The Morgan fingerprint density at radius 2 is 1.71 bits per heavy atom. The topological polar surface area (TPSA) is 90.7 Å². The van der Waals surface area contributed by atoms with E-state index in [-0.39, 0.29) is 5.91 Å². The van der Waals surface area contributed by atoms with E-state index in [9.17, 15) is 9.59 Å². The molecular weight excluding hydrogens is 308 g/mol. The Balaban J connectivity index is 2.07. The Kier molecular flexibility index (Phi) is 5.78. The lowest BCUT2D eigenvalue weighted by Crippen LogP contribution is -2.32. The number of hydrogen-bond donors (Lipinski definition) is 2. The van der Waals surface area contributed by atoms with Gasteiger partial charge in [0.2, 0.25) is 5.91 Å². The smallest absolute Gasteiger partial charge is 0.265 e. The van der Waals surface area contributed by atoms with Crippen LogP contribution in [0.25, 0.3) is 0 Å². The van der Waals surface area contributed by atoms with Crippen LogP contribution >= 0.6 is 0 Å². The third-order valence-electron chi connectivity index (χ3n) is 3.44. The van der Waals surface area contributed by atoms with Gasteiger partial charge in [0, 0.05) is 11.3 Å². The van der Waals surface area contributed by atoms with E-state index >= 15 is 0 Å². The minimum absolute atomic E-state index is 0.282. The number of hydrogen-bond acceptors (Lipinski definition) is 4. The fourth-order valence-corrected chi connectivity index (χ4v) is 2.13. The van der Waals surface area contributed by atoms with E-state index in [1.165, 1.54) is 0 Å². The van der Waals surface area contributed by atoms with Gasteiger partial charge in [-0.1, -0.05) is 19.1 Å². The molecule has 2 rings (SSSR count). The zero-order valence-electron chi connectivity index (χ0n) is 13.6. The molecule has 0 heterocycles. The van der Waals surface area contributed by atoms with Crippen LogP contribution in [0.3, 0.4) is 0 Å². The van der Waals surface area contributed by atoms with Crippen molar-refractivity contribution in [2.24, 2.45) is 5.73 Å². The van der Waals surface area contributed by atoms with Crippen LogP contribution in [0.15, 0.2) is 48.5 Å². The number of anilines is 1. The predicted molar refractivity (Wildman–Crippen MR) is 91.3 cm³/mol. The molecule has 0 fully saturated rings. The SMILES string of the molecule is CC[C@H](Oc1ccccc1OC)C(=O)Nc1ccc(C(N)=O)cc1. The largest absolute Gasteiger partial charge is 0.493 e. The van der Waals surface area contributed by atoms with Gasteiger partial charge in [-0.2, -0.15) is 0 Å². The van der Waals surface area contributed by atoms with Crippen molar-refractivity contribution in [2.75, 3.05) is 12.4 Å². The summed E-state index contributed by atoms with van der Waals surface area (Å²) in [4.78, 5) is 23.5. The Bertz CT molecular complexity index is 713. The van der Waals surface area contributed by atoms with Crippen LogP contribution < -0.4 is 20.5 Å². The summed E-state index contributed by atoms with van der Waals surface area (Å²) in [6.45, 7) is 1.86. The summed E-state index contributed by atoms with van der Waals surface area (Å²) < 4.78 is 11.0. The summed E-state index contributed by atoms with van der Waals surface area (Å²) in [5.74, 6) is 0.273. The fraction of sp³-hybridized carbons (Fsp3) is 0.222. The monoisotopic (exact) mass is 328 g/mol. The first-order valence-electron chi connectivity index (χ1n) is 7.55. The maximum absolute atomic E-state index is 12.4. The van der Waals surface area contributed by atoms with E-state index in [4.69, 9.17) is 15.2 Å². The van der Waals surface area contributed by atoms with Gasteiger partial charge in [-0.3, -0.25) is 9.59 Å². The molecule has 0 aromatic heterocycles. The molecule has 0 spiro atoms. The summed E-state index contributed by atoms with van der Waals surface area (Å²) in [5, 5.41) is 2.76. The molecule has 0 saturated heterocycles. The molecule has 0 aliphatic carbocycles. The van der Waals surface area contributed by atoms with Crippen molar-refractivity contribution in [2.45, 2.75) is 19.4 Å².